The van der Waals surface area contributed by atoms with Gasteiger partial charge in [0.15, 0.2) is 5.82 Å². The van der Waals surface area contributed by atoms with E-state index in [-0.39, 0.29) is 23.1 Å². The van der Waals surface area contributed by atoms with Gasteiger partial charge in [0.2, 0.25) is 0 Å². The third-order valence-electron chi connectivity index (χ3n) is 3.06. The van der Waals surface area contributed by atoms with Gasteiger partial charge in [0.25, 0.3) is 0 Å². The molecule has 0 saturated heterocycles. The van der Waals surface area contributed by atoms with Crippen LogP contribution in [0.15, 0.2) is 30.0 Å². The first-order valence-corrected chi connectivity index (χ1v) is 7.58. The number of aromatic amines is 1. The fraction of sp³-hybridized carbons (Fsp3) is 0.267. The summed E-state index contributed by atoms with van der Waals surface area (Å²) in [4.78, 5) is 18.4. The molecule has 0 spiro atoms. The van der Waals surface area contributed by atoms with Crippen LogP contribution < -0.4 is 0 Å². The fourth-order valence-electron chi connectivity index (χ4n) is 1.84. The molecule has 1 aromatic carbocycles. The van der Waals surface area contributed by atoms with E-state index in [0.717, 1.165) is 5.52 Å². The molecule has 0 aliphatic heterocycles. The number of aromatic nitrogens is 2. The molecule has 0 bridgehead atoms. The number of aliphatic hydroxyl groups is 1. The number of thioether (sulfide) groups is 1. The van der Waals surface area contributed by atoms with Crippen molar-refractivity contribution >= 4 is 34.3 Å². The number of imidazole rings is 1. The number of hydrogen-bond donors (Lipinski definition) is 2. The summed E-state index contributed by atoms with van der Waals surface area (Å²) in [5.41, 5.74) is 1.57. The zero-order valence-corrected chi connectivity index (χ0v) is 13.0. The topological polar surface area (TPSA) is 99.0 Å². The van der Waals surface area contributed by atoms with Crippen LogP contribution in [0.1, 0.15) is 12.7 Å². The van der Waals surface area contributed by atoms with Crippen molar-refractivity contribution in [2.75, 3.05) is 12.9 Å². The van der Waals surface area contributed by atoms with Crippen LogP contribution in [0.2, 0.25) is 0 Å². The predicted octanol–water partition coefficient (Wildman–Crippen LogP) is 2.65. The first-order valence-electron chi connectivity index (χ1n) is 6.53. The van der Waals surface area contributed by atoms with Gasteiger partial charge in [0.05, 0.1) is 29.1 Å². The number of methoxy groups -OCH3 is 1. The zero-order valence-electron chi connectivity index (χ0n) is 12.2. The van der Waals surface area contributed by atoms with Crippen molar-refractivity contribution in [2.45, 2.75) is 12.2 Å². The molecule has 22 heavy (non-hydrogen) atoms. The lowest BCUT2D eigenvalue weighted by Crippen LogP contribution is -2.10. The molecule has 0 radical (unpaired) electrons. The molecule has 0 aliphatic rings. The second-order valence-electron chi connectivity index (χ2n) is 4.50. The lowest BCUT2D eigenvalue weighted by Gasteiger charge is -2.10. The average Bonchev–Trinajstić information content (AvgIpc) is 2.96. The number of rotatable bonds is 5. The molecule has 0 aliphatic carbocycles. The van der Waals surface area contributed by atoms with E-state index < -0.39 is 5.25 Å². The minimum absolute atomic E-state index is 0.0704. The SMILES string of the molecule is COC(=O)CSC(C)C(O)=C(C#N)c1nc2ccccc2[nH]1. The molecule has 2 rings (SSSR count). The van der Waals surface area contributed by atoms with Crippen molar-refractivity contribution in [3.8, 4) is 6.07 Å². The van der Waals surface area contributed by atoms with Crippen LogP contribution in [0.25, 0.3) is 16.6 Å². The summed E-state index contributed by atoms with van der Waals surface area (Å²) in [5.74, 6) is -0.0883. The maximum absolute atomic E-state index is 11.1. The molecule has 0 saturated carbocycles. The highest BCUT2D eigenvalue weighted by molar-refractivity contribution is 8.00. The van der Waals surface area contributed by atoms with Gasteiger partial charge >= 0.3 is 5.97 Å². The van der Waals surface area contributed by atoms with Gasteiger partial charge < -0.3 is 14.8 Å². The Balaban J connectivity index is 2.28. The van der Waals surface area contributed by atoms with Crippen molar-refractivity contribution in [2.24, 2.45) is 0 Å². The second kappa shape index (κ2) is 7.00. The number of benzene rings is 1. The van der Waals surface area contributed by atoms with Crippen LogP contribution in [-0.4, -0.2) is 39.2 Å². The third-order valence-corrected chi connectivity index (χ3v) is 4.18. The van der Waals surface area contributed by atoms with Gasteiger partial charge in [-0.3, -0.25) is 4.79 Å². The normalized spacial score (nSPS) is 13.3. The first-order chi connectivity index (χ1) is 10.6. The summed E-state index contributed by atoms with van der Waals surface area (Å²) in [6, 6.07) is 9.33. The monoisotopic (exact) mass is 317 g/mol. The largest absolute Gasteiger partial charge is 0.510 e. The van der Waals surface area contributed by atoms with Crippen molar-refractivity contribution < 1.29 is 14.6 Å². The number of nitrogens with zero attached hydrogens (tertiary/aromatic N) is 2. The predicted molar refractivity (Wildman–Crippen MR) is 85.2 cm³/mol. The molecule has 1 aromatic heterocycles. The molecular formula is C15H15N3O3S. The van der Waals surface area contributed by atoms with E-state index >= 15 is 0 Å². The van der Waals surface area contributed by atoms with Gasteiger partial charge in [-0.25, -0.2) is 4.98 Å². The Bertz CT molecular complexity index is 728. The molecule has 1 unspecified atom stereocenters. The summed E-state index contributed by atoms with van der Waals surface area (Å²) >= 11 is 1.19. The fourth-order valence-corrected chi connectivity index (χ4v) is 2.62. The molecule has 2 aromatic rings. The summed E-state index contributed by atoms with van der Waals surface area (Å²) in [6.07, 6.45) is 0. The van der Waals surface area contributed by atoms with Crippen molar-refractivity contribution in [3.63, 3.8) is 0 Å². The molecule has 0 amide bonds. The Morgan fingerprint density at radius 2 is 2.27 bits per heavy atom. The van der Waals surface area contributed by atoms with Gasteiger partial charge in [-0.15, -0.1) is 11.8 Å². The number of nitrogens with one attached hydrogen (secondary N) is 1. The average molecular weight is 317 g/mol. The molecule has 1 atom stereocenters. The number of nitriles is 1. The van der Waals surface area contributed by atoms with Crippen molar-refractivity contribution in [1.29, 1.82) is 5.26 Å². The Labute approximate surface area is 131 Å². The highest BCUT2D eigenvalue weighted by Crippen LogP contribution is 2.25. The van der Waals surface area contributed by atoms with Gasteiger partial charge in [-0.1, -0.05) is 12.1 Å². The van der Waals surface area contributed by atoms with E-state index in [1.165, 1.54) is 18.9 Å². The van der Waals surface area contributed by atoms with Gasteiger partial charge in [-0.05, 0) is 19.1 Å². The number of fused-ring (bicyclic) bond motifs is 1. The maximum atomic E-state index is 11.1. The Kier molecular flexibility index (Phi) is 5.07. The van der Waals surface area contributed by atoms with Crippen LogP contribution in [0.5, 0.6) is 0 Å². The van der Waals surface area contributed by atoms with Crippen molar-refractivity contribution in [3.05, 3.63) is 35.8 Å². The van der Waals surface area contributed by atoms with E-state index in [9.17, 15) is 15.2 Å². The van der Waals surface area contributed by atoms with Gasteiger partial charge in [0, 0.05) is 0 Å². The number of hydrogen-bond acceptors (Lipinski definition) is 6. The number of carbonyl (C=O) groups excluding carboxylic acids is 1. The molecule has 7 heteroatoms. The summed E-state index contributed by atoms with van der Waals surface area (Å²) in [5, 5.41) is 19.2. The number of para-hydroxylation sites is 2. The van der Waals surface area contributed by atoms with Crippen LogP contribution in [0.3, 0.4) is 0 Å². The number of allylic oxidation sites excluding steroid dienone is 1. The third kappa shape index (κ3) is 3.40. The highest BCUT2D eigenvalue weighted by Gasteiger charge is 2.19. The van der Waals surface area contributed by atoms with Crippen LogP contribution in [0, 0.1) is 11.3 Å². The maximum Gasteiger partial charge on any atom is 0.315 e. The number of aliphatic hydroxyl groups excluding tert-OH is 1. The number of ether oxygens (including phenoxy) is 1. The first kappa shape index (κ1) is 15.9. The summed E-state index contributed by atoms with van der Waals surface area (Å²) in [7, 11) is 1.30. The lowest BCUT2D eigenvalue weighted by atomic mass is 10.2. The van der Waals surface area contributed by atoms with Crippen LogP contribution >= 0.6 is 11.8 Å². The quantitative estimate of drug-likeness (QED) is 0.499. The van der Waals surface area contributed by atoms with Crippen molar-refractivity contribution in [1.82, 2.24) is 9.97 Å². The second-order valence-corrected chi connectivity index (χ2v) is 5.83. The van der Waals surface area contributed by atoms with E-state index in [1.54, 1.807) is 6.92 Å². The molecule has 114 valence electrons. The zero-order chi connectivity index (χ0) is 16.1. The Morgan fingerprint density at radius 3 is 2.91 bits per heavy atom. The van der Waals surface area contributed by atoms with Crippen LogP contribution in [-0.2, 0) is 9.53 Å². The van der Waals surface area contributed by atoms with E-state index in [1.807, 2.05) is 30.3 Å². The standard InChI is InChI=1S/C15H15N3O3S/c1-9(22-8-13(19)21-2)14(20)10(7-16)15-17-11-5-3-4-6-12(11)18-15/h3-6,9,20H,8H2,1-2H3,(H,17,18). The lowest BCUT2D eigenvalue weighted by molar-refractivity contribution is -0.137. The number of esters is 1. The highest BCUT2D eigenvalue weighted by atomic mass is 32.2. The number of H-pyrrole nitrogens is 1. The van der Waals surface area contributed by atoms with E-state index in [0.29, 0.717) is 11.3 Å². The van der Waals surface area contributed by atoms with E-state index in [2.05, 4.69) is 14.7 Å². The summed E-state index contributed by atoms with van der Waals surface area (Å²) < 4.78 is 4.55. The Morgan fingerprint density at radius 1 is 1.55 bits per heavy atom. The van der Waals surface area contributed by atoms with Crippen LogP contribution in [0.4, 0.5) is 0 Å². The molecule has 2 N–H and O–H groups in total. The molecule has 6 nitrogen and oxygen atoms in total. The minimum atomic E-state index is -0.429. The molecule has 1 heterocycles. The minimum Gasteiger partial charge on any atom is -0.510 e. The molecular weight excluding hydrogens is 302 g/mol. The smallest absolute Gasteiger partial charge is 0.315 e. The van der Waals surface area contributed by atoms with Gasteiger partial charge in [0.1, 0.15) is 17.4 Å². The summed E-state index contributed by atoms with van der Waals surface area (Å²) in [6.45, 7) is 1.71. The molecule has 0 fully saturated rings. The van der Waals surface area contributed by atoms with Gasteiger partial charge in [-0.2, -0.15) is 5.26 Å². The Hall–Kier alpha value is -2.46. The number of carbonyl (C=O) groups is 1. The van der Waals surface area contributed by atoms with E-state index in [4.69, 9.17) is 0 Å².